The lowest BCUT2D eigenvalue weighted by Gasteiger charge is -2.19. The van der Waals surface area contributed by atoms with Crippen molar-refractivity contribution >= 4 is 55.5 Å². The van der Waals surface area contributed by atoms with E-state index in [-0.39, 0.29) is 23.1 Å². The summed E-state index contributed by atoms with van der Waals surface area (Å²) in [6.45, 7) is 0.187. The summed E-state index contributed by atoms with van der Waals surface area (Å²) >= 11 is 8.14. The summed E-state index contributed by atoms with van der Waals surface area (Å²) in [5.74, 6) is -1.78. The number of benzene rings is 1. The van der Waals surface area contributed by atoms with Gasteiger partial charge in [-0.2, -0.15) is 0 Å². The molecule has 1 aromatic carbocycles. The number of halogens is 3. The predicted octanol–water partition coefficient (Wildman–Crippen LogP) is 5.53. The maximum absolute atomic E-state index is 14.1. The number of amides is 1. The van der Waals surface area contributed by atoms with Gasteiger partial charge in [-0.1, -0.05) is 29.0 Å². The van der Waals surface area contributed by atoms with Crippen molar-refractivity contribution in [2.75, 3.05) is 4.90 Å². The largest absolute Gasteiger partial charge is 0.279 e. The third-order valence-corrected chi connectivity index (χ3v) is 5.97. The maximum atomic E-state index is 14.1. The molecular formula is C18H10ClF2N3OS2. The molecule has 0 bridgehead atoms. The van der Waals surface area contributed by atoms with Gasteiger partial charge in [-0.05, 0) is 29.8 Å². The molecule has 4 rings (SSSR count). The molecule has 0 radical (unpaired) electrons. The van der Waals surface area contributed by atoms with Crippen LogP contribution in [-0.2, 0) is 6.54 Å². The van der Waals surface area contributed by atoms with Gasteiger partial charge in [-0.25, -0.2) is 13.8 Å². The quantitative estimate of drug-likeness (QED) is 0.435. The summed E-state index contributed by atoms with van der Waals surface area (Å²) in [7, 11) is 0. The molecule has 0 aliphatic carbocycles. The van der Waals surface area contributed by atoms with Crippen molar-refractivity contribution in [3.8, 4) is 0 Å². The van der Waals surface area contributed by atoms with Gasteiger partial charge >= 0.3 is 0 Å². The number of rotatable bonds is 4. The van der Waals surface area contributed by atoms with E-state index in [1.54, 1.807) is 30.6 Å². The van der Waals surface area contributed by atoms with Crippen LogP contribution in [0.4, 0.5) is 13.9 Å². The fourth-order valence-electron chi connectivity index (χ4n) is 2.52. The van der Waals surface area contributed by atoms with Gasteiger partial charge in [-0.3, -0.25) is 14.7 Å². The van der Waals surface area contributed by atoms with E-state index < -0.39 is 11.6 Å². The van der Waals surface area contributed by atoms with Crippen LogP contribution in [0.1, 0.15) is 15.2 Å². The molecule has 136 valence electrons. The molecule has 0 fully saturated rings. The van der Waals surface area contributed by atoms with Gasteiger partial charge in [0.25, 0.3) is 5.91 Å². The van der Waals surface area contributed by atoms with Crippen LogP contribution in [-0.4, -0.2) is 15.9 Å². The Morgan fingerprint density at radius 3 is 2.74 bits per heavy atom. The van der Waals surface area contributed by atoms with Gasteiger partial charge in [0.1, 0.15) is 11.3 Å². The van der Waals surface area contributed by atoms with Gasteiger partial charge in [0.05, 0.1) is 20.5 Å². The molecule has 0 saturated heterocycles. The van der Waals surface area contributed by atoms with Crippen LogP contribution in [0.15, 0.2) is 48.8 Å². The highest BCUT2D eigenvalue weighted by molar-refractivity contribution is 7.22. The van der Waals surface area contributed by atoms with Crippen molar-refractivity contribution in [3.05, 3.63) is 75.2 Å². The van der Waals surface area contributed by atoms with E-state index in [4.69, 9.17) is 11.6 Å². The van der Waals surface area contributed by atoms with Crippen LogP contribution in [0.3, 0.4) is 0 Å². The Kier molecular flexibility index (Phi) is 4.86. The monoisotopic (exact) mass is 421 g/mol. The lowest BCUT2D eigenvalue weighted by Crippen LogP contribution is -2.29. The molecule has 0 unspecified atom stereocenters. The summed E-state index contributed by atoms with van der Waals surface area (Å²) in [4.78, 5) is 23.2. The van der Waals surface area contributed by atoms with Crippen molar-refractivity contribution in [1.29, 1.82) is 0 Å². The zero-order valence-corrected chi connectivity index (χ0v) is 15.9. The lowest BCUT2D eigenvalue weighted by molar-refractivity contribution is 0.0989. The van der Waals surface area contributed by atoms with E-state index in [0.29, 0.717) is 13.9 Å². The molecule has 27 heavy (non-hydrogen) atoms. The first-order chi connectivity index (χ1) is 13.0. The highest BCUT2D eigenvalue weighted by Gasteiger charge is 2.24. The lowest BCUT2D eigenvalue weighted by atomic mass is 10.2. The Morgan fingerprint density at radius 2 is 2.04 bits per heavy atom. The molecule has 4 nitrogen and oxygen atoms in total. The Morgan fingerprint density at radius 1 is 1.19 bits per heavy atom. The number of pyridine rings is 1. The number of carbonyl (C=O) groups is 1. The number of fused-ring (bicyclic) bond motifs is 1. The number of carbonyl (C=O) groups excluding carboxylic acids is 1. The van der Waals surface area contributed by atoms with Gasteiger partial charge in [0.15, 0.2) is 10.9 Å². The van der Waals surface area contributed by atoms with Crippen molar-refractivity contribution < 1.29 is 13.6 Å². The van der Waals surface area contributed by atoms with E-state index in [1.165, 1.54) is 11.0 Å². The van der Waals surface area contributed by atoms with Gasteiger partial charge in [-0.15, -0.1) is 11.3 Å². The first-order valence-electron chi connectivity index (χ1n) is 7.73. The smallest absolute Gasteiger partial charge is 0.270 e. The first-order valence-corrected chi connectivity index (χ1v) is 9.74. The zero-order valence-electron chi connectivity index (χ0n) is 13.5. The van der Waals surface area contributed by atoms with Gasteiger partial charge in [0.2, 0.25) is 0 Å². The molecule has 0 saturated carbocycles. The molecule has 3 heterocycles. The molecule has 9 heteroatoms. The van der Waals surface area contributed by atoms with Crippen molar-refractivity contribution in [1.82, 2.24) is 9.97 Å². The number of nitrogens with zero attached hydrogens (tertiary/aromatic N) is 3. The summed E-state index contributed by atoms with van der Waals surface area (Å²) in [6.07, 6.45) is 3.26. The molecule has 4 aromatic rings. The SMILES string of the molecule is O=C(c1ccc(Cl)s1)N(Cc1cccnc1)c1nc2c(F)cc(F)cc2s1. The Labute approximate surface area is 165 Å². The number of thiophene rings is 1. The van der Waals surface area contributed by atoms with Crippen molar-refractivity contribution in [3.63, 3.8) is 0 Å². The minimum absolute atomic E-state index is 0.0320. The number of aromatic nitrogens is 2. The van der Waals surface area contributed by atoms with Gasteiger partial charge in [0, 0.05) is 18.5 Å². The van der Waals surface area contributed by atoms with Crippen LogP contribution in [0.25, 0.3) is 10.2 Å². The van der Waals surface area contributed by atoms with Crippen LogP contribution in [0.2, 0.25) is 4.34 Å². The van der Waals surface area contributed by atoms with E-state index in [9.17, 15) is 13.6 Å². The second kappa shape index (κ2) is 7.30. The topological polar surface area (TPSA) is 46.1 Å². The number of hydrogen-bond acceptors (Lipinski definition) is 5. The third-order valence-electron chi connectivity index (χ3n) is 3.73. The average molecular weight is 422 g/mol. The predicted molar refractivity (Wildman–Crippen MR) is 104 cm³/mol. The molecule has 0 N–H and O–H groups in total. The fraction of sp³-hybridized carbons (Fsp3) is 0.0556. The summed E-state index contributed by atoms with van der Waals surface area (Å²) in [6, 6.07) is 8.82. The van der Waals surface area contributed by atoms with Gasteiger partial charge < -0.3 is 0 Å². The van der Waals surface area contributed by atoms with Crippen LogP contribution < -0.4 is 4.90 Å². The summed E-state index contributed by atoms with van der Waals surface area (Å²) in [5, 5.41) is 0.271. The second-order valence-corrected chi connectivity index (χ2v) is 8.31. The molecular weight excluding hydrogens is 412 g/mol. The summed E-state index contributed by atoms with van der Waals surface area (Å²) in [5.41, 5.74) is 0.809. The van der Waals surface area contributed by atoms with Crippen LogP contribution >= 0.6 is 34.3 Å². The normalized spacial score (nSPS) is 11.1. The highest BCUT2D eigenvalue weighted by atomic mass is 35.5. The van der Waals surface area contributed by atoms with Crippen LogP contribution in [0.5, 0.6) is 0 Å². The molecule has 0 aliphatic heterocycles. The number of anilines is 1. The number of thiazole rings is 1. The highest BCUT2D eigenvalue weighted by Crippen LogP contribution is 2.34. The molecule has 3 aromatic heterocycles. The van der Waals surface area contributed by atoms with Crippen LogP contribution in [0, 0.1) is 11.6 Å². The molecule has 0 aliphatic rings. The third kappa shape index (κ3) is 3.69. The zero-order chi connectivity index (χ0) is 19.0. The Hall–Kier alpha value is -2.42. The maximum Gasteiger partial charge on any atom is 0.270 e. The molecule has 0 atom stereocenters. The Bertz CT molecular complexity index is 1130. The first kappa shape index (κ1) is 18.0. The Balaban J connectivity index is 1.79. The molecule has 0 spiro atoms. The standard InChI is InChI=1S/C18H10ClF2N3OS2/c19-15-4-3-13(26-15)17(25)24(9-10-2-1-5-22-8-10)18-23-16-12(21)6-11(20)7-14(16)27-18/h1-8H,9H2. The van der Waals surface area contributed by atoms with E-state index in [0.717, 1.165) is 34.3 Å². The minimum Gasteiger partial charge on any atom is -0.279 e. The number of hydrogen-bond donors (Lipinski definition) is 0. The van der Waals surface area contributed by atoms with E-state index in [1.807, 2.05) is 6.07 Å². The van der Waals surface area contributed by atoms with Crippen molar-refractivity contribution in [2.45, 2.75) is 6.54 Å². The average Bonchev–Trinajstić information content (AvgIpc) is 3.26. The fourth-order valence-corrected chi connectivity index (χ4v) is 4.52. The molecule has 1 amide bonds. The summed E-state index contributed by atoms with van der Waals surface area (Å²) < 4.78 is 28.4. The second-order valence-electron chi connectivity index (χ2n) is 5.59. The van der Waals surface area contributed by atoms with E-state index >= 15 is 0 Å². The minimum atomic E-state index is -0.763. The van der Waals surface area contributed by atoms with Crippen molar-refractivity contribution in [2.24, 2.45) is 0 Å². The van der Waals surface area contributed by atoms with E-state index in [2.05, 4.69) is 9.97 Å².